The summed E-state index contributed by atoms with van der Waals surface area (Å²) in [6.45, 7) is 5.48. The van der Waals surface area contributed by atoms with E-state index in [-0.39, 0.29) is 12.1 Å². The van der Waals surface area contributed by atoms with E-state index in [1.165, 1.54) is 11.1 Å². The molecule has 4 heteroatoms. The summed E-state index contributed by atoms with van der Waals surface area (Å²) in [4.78, 5) is 11.7. The zero-order chi connectivity index (χ0) is 13.0. The third-order valence-electron chi connectivity index (χ3n) is 3.28. The molecule has 0 aliphatic carbocycles. The molecule has 0 bridgehead atoms. The summed E-state index contributed by atoms with van der Waals surface area (Å²) in [5.74, 6) is 0. The van der Waals surface area contributed by atoms with Crippen molar-refractivity contribution in [2.45, 2.75) is 32.8 Å². The molecule has 4 nitrogen and oxygen atoms in total. The van der Waals surface area contributed by atoms with E-state index in [1.807, 2.05) is 25.1 Å². The quantitative estimate of drug-likeness (QED) is 0.864. The Morgan fingerprint density at radius 2 is 2.22 bits per heavy atom. The third-order valence-corrected chi connectivity index (χ3v) is 3.28. The van der Waals surface area contributed by atoms with Crippen molar-refractivity contribution in [1.82, 2.24) is 5.32 Å². The Labute approximate surface area is 108 Å². The summed E-state index contributed by atoms with van der Waals surface area (Å²) in [6.07, 6.45) is 2.30. The summed E-state index contributed by atoms with van der Waals surface area (Å²) in [5.41, 5.74) is 3.22. The number of hydrogen-bond donors (Lipinski definition) is 2. The van der Waals surface area contributed by atoms with Gasteiger partial charge in [0.1, 0.15) is 0 Å². The third kappa shape index (κ3) is 3.47. The van der Waals surface area contributed by atoms with Crippen LogP contribution in [0, 0.1) is 13.8 Å². The maximum absolute atomic E-state index is 11.7. The number of ether oxygens (including phenoxy) is 1. The monoisotopic (exact) mass is 248 g/mol. The molecule has 0 saturated carbocycles. The average Bonchev–Trinajstić information content (AvgIpc) is 2.84. The van der Waals surface area contributed by atoms with Crippen molar-refractivity contribution < 1.29 is 9.53 Å². The average molecular weight is 248 g/mol. The Morgan fingerprint density at radius 3 is 2.89 bits per heavy atom. The van der Waals surface area contributed by atoms with E-state index in [2.05, 4.69) is 17.6 Å². The molecule has 1 saturated heterocycles. The topological polar surface area (TPSA) is 50.4 Å². The van der Waals surface area contributed by atoms with Gasteiger partial charge in [0.15, 0.2) is 0 Å². The highest BCUT2D eigenvalue weighted by molar-refractivity contribution is 5.89. The van der Waals surface area contributed by atoms with Crippen LogP contribution < -0.4 is 10.6 Å². The van der Waals surface area contributed by atoms with Crippen LogP contribution in [0.4, 0.5) is 10.5 Å². The van der Waals surface area contributed by atoms with Crippen molar-refractivity contribution in [2.75, 3.05) is 18.5 Å². The fourth-order valence-corrected chi connectivity index (χ4v) is 2.01. The van der Waals surface area contributed by atoms with Crippen LogP contribution in [0.25, 0.3) is 0 Å². The Bertz CT molecular complexity index is 426. The molecule has 2 N–H and O–H groups in total. The van der Waals surface area contributed by atoms with Gasteiger partial charge in [0.05, 0.1) is 6.10 Å². The molecule has 1 atom stereocenters. The van der Waals surface area contributed by atoms with E-state index < -0.39 is 0 Å². The lowest BCUT2D eigenvalue weighted by molar-refractivity contribution is 0.112. The smallest absolute Gasteiger partial charge is 0.319 e. The van der Waals surface area contributed by atoms with E-state index in [4.69, 9.17) is 4.74 Å². The number of amides is 2. The van der Waals surface area contributed by atoms with Crippen LogP contribution in [0.5, 0.6) is 0 Å². The van der Waals surface area contributed by atoms with E-state index in [1.54, 1.807) is 0 Å². The minimum absolute atomic E-state index is 0.172. The molecule has 18 heavy (non-hydrogen) atoms. The van der Waals surface area contributed by atoms with Crippen LogP contribution in [-0.4, -0.2) is 25.3 Å². The number of carbonyl (C=O) groups is 1. The molecule has 1 unspecified atom stereocenters. The first-order chi connectivity index (χ1) is 8.65. The summed E-state index contributed by atoms with van der Waals surface area (Å²) in [6, 6.07) is 5.72. The number of hydrogen-bond acceptors (Lipinski definition) is 2. The lowest BCUT2D eigenvalue weighted by Gasteiger charge is -2.12. The minimum atomic E-state index is -0.172. The van der Waals surface area contributed by atoms with Crippen LogP contribution >= 0.6 is 0 Å². The summed E-state index contributed by atoms with van der Waals surface area (Å²) in [5, 5.41) is 5.66. The maximum Gasteiger partial charge on any atom is 0.319 e. The van der Waals surface area contributed by atoms with Gasteiger partial charge in [-0.05, 0) is 49.9 Å². The normalized spacial score (nSPS) is 18.7. The van der Waals surface area contributed by atoms with Crippen molar-refractivity contribution in [3.05, 3.63) is 29.3 Å². The highest BCUT2D eigenvalue weighted by Crippen LogP contribution is 2.14. The molecule has 2 rings (SSSR count). The first kappa shape index (κ1) is 12.9. The molecular formula is C14H20N2O2. The van der Waals surface area contributed by atoms with Gasteiger partial charge >= 0.3 is 6.03 Å². The molecule has 2 amide bonds. The molecule has 1 aromatic rings. The molecule has 1 fully saturated rings. The predicted octanol–water partition coefficient (Wildman–Crippen LogP) is 2.60. The lowest BCUT2D eigenvalue weighted by atomic mass is 10.1. The Morgan fingerprint density at radius 1 is 1.39 bits per heavy atom. The molecule has 1 aliphatic heterocycles. The van der Waals surface area contributed by atoms with Gasteiger partial charge in [-0.1, -0.05) is 6.07 Å². The largest absolute Gasteiger partial charge is 0.376 e. The zero-order valence-electron chi connectivity index (χ0n) is 11.0. The van der Waals surface area contributed by atoms with Crippen molar-refractivity contribution in [3.63, 3.8) is 0 Å². The number of nitrogens with one attached hydrogen (secondary N) is 2. The van der Waals surface area contributed by atoms with E-state index >= 15 is 0 Å². The number of anilines is 1. The predicted molar refractivity (Wildman–Crippen MR) is 71.9 cm³/mol. The van der Waals surface area contributed by atoms with E-state index in [9.17, 15) is 4.79 Å². The second-order valence-electron chi connectivity index (χ2n) is 4.77. The van der Waals surface area contributed by atoms with E-state index in [0.29, 0.717) is 6.54 Å². The number of carbonyl (C=O) groups excluding carboxylic acids is 1. The van der Waals surface area contributed by atoms with Crippen LogP contribution in [0.3, 0.4) is 0 Å². The molecule has 1 aromatic carbocycles. The Kier molecular flexibility index (Phi) is 4.20. The fourth-order valence-electron chi connectivity index (χ4n) is 2.01. The van der Waals surface area contributed by atoms with Crippen LogP contribution in [0.15, 0.2) is 18.2 Å². The van der Waals surface area contributed by atoms with Crippen molar-refractivity contribution in [1.29, 1.82) is 0 Å². The number of rotatable bonds is 3. The summed E-state index contributed by atoms with van der Waals surface area (Å²) in [7, 11) is 0. The Balaban J connectivity index is 1.80. The summed E-state index contributed by atoms with van der Waals surface area (Å²) >= 11 is 0. The zero-order valence-corrected chi connectivity index (χ0v) is 11.0. The van der Waals surface area contributed by atoms with E-state index in [0.717, 1.165) is 25.1 Å². The van der Waals surface area contributed by atoms with Gasteiger partial charge in [-0.25, -0.2) is 4.79 Å². The first-order valence-corrected chi connectivity index (χ1v) is 6.39. The number of benzene rings is 1. The highest BCUT2D eigenvalue weighted by atomic mass is 16.5. The van der Waals surface area contributed by atoms with Gasteiger partial charge in [0, 0.05) is 18.8 Å². The maximum atomic E-state index is 11.7. The van der Waals surface area contributed by atoms with Gasteiger partial charge < -0.3 is 15.4 Å². The van der Waals surface area contributed by atoms with Crippen LogP contribution in [0.1, 0.15) is 24.0 Å². The van der Waals surface area contributed by atoms with Gasteiger partial charge in [-0.3, -0.25) is 0 Å². The van der Waals surface area contributed by atoms with Gasteiger partial charge in [-0.15, -0.1) is 0 Å². The lowest BCUT2D eigenvalue weighted by Crippen LogP contribution is -2.35. The molecular weight excluding hydrogens is 228 g/mol. The van der Waals surface area contributed by atoms with Gasteiger partial charge in [0.2, 0.25) is 0 Å². The second kappa shape index (κ2) is 5.87. The molecule has 98 valence electrons. The van der Waals surface area contributed by atoms with Crippen LogP contribution in [-0.2, 0) is 4.74 Å². The molecule has 0 spiro atoms. The standard InChI is InChI=1S/C14H20N2O2/c1-10-5-6-12(8-11(10)2)16-14(17)15-9-13-4-3-7-18-13/h5-6,8,13H,3-4,7,9H2,1-2H3,(H2,15,16,17). The molecule has 0 aromatic heterocycles. The van der Waals surface area contributed by atoms with Gasteiger partial charge in [-0.2, -0.15) is 0 Å². The molecule has 1 heterocycles. The second-order valence-corrected chi connectivity index (χ2v) is 4.77. The van der Waals surface area contributed by atoms with Crippen molar-refractivity contribution in [3.8, 4) is 0 Å². The number of aryl methyl sites for hydroxylation is 2. The van der Waals surface area contributed by atoms with Crippen LogP contribution in [0.2, 0.25) is 0 Å². The minimum Gasteiger partial charge on any atom is -0.376 e. The SMILES string of the molecule is Cc1ccc(NC(=O)NCC2CCCO2)cc1C. The first-order valence-electron chi connectivity index (χ1n) is 6.39. The number of urea groups is 1. The summed E-state index contributed by atoms with van der Waals surface area (Å²) < 4.78 is 5.45. The highest BCUT2D eigenvalue weighted by Gasteiger charge is 2.15. The molecule has 1 aliphatic rings. The van der Waals surface area contributed by atoms with Gasteiger partial charge in [0.25, 0.3) is 0 Å². The molecule has 0 radical (unpaired) electrons. The van der Waals surface area contributed by atoms with Crippen molar-refractivity contribution in [2.24, 2.45) is 0 Å². The fraction of sp³-hybridized carbons (Fsp3) is 0.500. The Hall–Kier alpha value is -1.55. The van der Waals surface area contributed by atoms with Crippen molar-refractivity contribution >= 4 is 11.7 Å².